The number of nitrogens with two attached hydrogens (primary N) is 3. The lowest BCUT2D eigenvalue weighted by Gasteiger charge is -2.26. The van der Waals surface area contributed by atoms with Crippen LogP contribution in [0.3, 0.4) is 0 Å². The first-order valence-corrected chi connectivity index (χ1v) is 17.3. The van der Waals surface area contributed by atoms with Gasteiger partial charge in [-0.25, -0.2) is 4.98 Å². The molecule has 0 saturated carbocycles. The number of imidazole rings is 1. The second-order valence-corrected chi connectivity index (χ2v) is 13.2. The van der Waals surface area contributed by atoms with Gasteiger partial charge in [0.25, 0.3) is 0 Å². The summed E-state index contributed by atoms with van der Waals surface area (Å²) in [7, 11) is 0. The fraction of sp³-hybridized carbons (Fsp3) is 0.324. The Hall–Kier alpha value is -5.46. The average molecular weight is 812 g/mol. The first-order chi connectivity index (χ1) is 24.4. The van der Waals surface area contributed by atoms with E-state index in [1.165, 1.54) is 19.4 Å². The lowest BCUT2D eigenvalue weighted by Crippen LogP contribution is -2.59. The molecule has 4 aromatic rings. The maximum atomic E-state index is 14.0. The van der Waals surface area contributed by atoms with Crippen molar-refractivity contribution in [1.29, 1.82) is 0 Å². The van der Waals surface area contributed by atoms with E-state index in [9.17, 15) is 24.0 Å². The van der Waals surface area contributed by atoms with Crippen molar-refractivity contribution in [2.24, 2.45) is 22.2 Å². The number of nitrogens with one attached hydrogen (secondary N) is 6. The Bertz CT molecular complexity index is 1840. The predicted molar refractivity (Wildman–Crippen MR) is 200 cm³/mol. The number of carbonyl (C=O) groups is 5. The molecule has 5 amide bonds. The number of H-pyrrole nitrogens is 2. The summed E-state index contributed by atoms with van der Waals surface area (Å²) in [4.78, 5) is 80.0. The number of halogens is 1. The fourth-order valence-corrected chi connectivity index (χ4v) is 5.83. The van der Waals surface area contributed by atoms with Crippen LogP contribution < -0.4 is 38.5 Å². The van der Waals surface area contributed by atoms with Crippen molar-refractivity contribution in [1.82, 2.24) is 36.2 Å². The van der Waals surface area contributed by atoms with Gasteiger partial charge in [0.1, 0.15) is 24.2 Å². The summed E-state index contributed by atoms with van der Waals surface area (Å²) in [6.45, 7) is 1.46. The van der Waals surface area contributed by atoms with Gasteiger partial charge >= 0.3 is 0 Å². The Morgan fingerprint density at radius 2 is 1.45 bits per heavy atom. The number of primary amides is 1. The quantitative estimate of drug-likeness (QED) is 0.0286. The van der Waals surface area contributed by atoms with Crippen LogP contribution in [0.1, 0.15) is 36.6 Å². The van der Waals surface area contributed by atoms with Crippen LogP contribution in [0.15, 0.2) is 72.2 Å². The molecule has 51 heavy (non-hydrogen) atoms. The lowest BCUT2D eigenvalue weighted by atomic mass is 10.0. The van der Waals surface area contributed by atoms with E-state index in [4.69, 9.17) is 17.2 Å². The summed E-state index contributed by atoms with van der Waals surface area (Å²) >= 11 is 2.16. The molecule has 0 saturated heterocycles. The normalized spacial score (nSPS) is 13.3. The van der Waals surface area contributed by atoms with Crippen molar-refractivity contribution in [3.63, 3.8) is 0 Å². The zero-order valence-corrected chi connectivity index (χ0v) is 30.1. The van der Waals surface area contributed by atoms with Gasteiger partial charge in [0, 0.05) is 65.3 Å². The van der Waals surface area contributed by atoms with Crippen molar-refractivity contribution in [2.75, 3.05) is 6.54 Å². The van der Waals surface area contributed by atoms with E-state index >= 15 is 0 Å². The number of guanidine groups is 1. The number of amides is 5. The predicted octanol–water partition coefficient (Wildman–Crippen LogP) is 0.0215. The molecule has 4 unspecified atom stereocenters. The van der Waals surface area contributed by atoms with E-state index in [0.29, 0.717) is 12.1 Å². The minimum absolute atomic E-state index is 0.0676. The third kappa shape index (κ3) is 11.8. The molecule has 4 atom stereocenters. The third-order valence-corrected chi connectivity index (χ3v) is 8.72. The van der Waals surface area contributed by atoms with Crippen molar-refractivity contribution in [3.05, 3.63) is 87.6 Å². The minimum Gasteiger partial charge on any atom is -0.370 e. The molecule has 0 spiro atoms. The van der Waals surface area contributed by atoms with E-state index in [2.05, 4.69) is 63.8 Å². The smallest absolute Gasteiger partial charge is 0.243 e. The minimum atomic E-state index is -1.17. The molecule has 0 aliphatic carbocycles. The van der Waals surface area contributed by atoms with E-state index in [1.54, 1.807) is 6.20 Å². The number of aliphatic imine (C=N–C) groups is 1. The molecule has 2 aromatic carbocycles. The molecule has 0 aliphatic heterocycles. The topological polar surface area (TPSA) is 268 Å². The van der Waals surface area contributed by atoms with Gasteiger partial charge in [-0.15, -0.1) is 0 Å². The highest BCUT2D eigenvalue weighted by molar-refractivity contribution is 14.1. The number of benzene rings is 2. The van der Waals surface area contributed by atoms with Gasteiger partial charge in [-0.05, 0) is 64.8 Å². The fourth-order valence-electron chi connectivity index (χ4n) is 5.47. The molecule has 0 bridgehead atoms. The number of aromatic amines is 2. The van der Waals surface area contributed by atoms with E-state index in [0.717, 1.165) is 25.6 Å². The first-order valence-electron chi connectivity index (χ1n) is 16.2. The molecule has 4 rings (SSSR count). The number of para-hydroxylation sites is 1. The van der Waals surface area contributed by atoms with Crippen LogP contribution in [0.25, 0.3) is 10.9 Å². The van der Waals surface area contributed by atoms with Gasteiger partial charge in [-0.1, -0.05) is 30.3 Å². The number of rotatable bonds is 18. The molecule has 270 valence electrons. The number of aromatic nitrogens is 3. The Kier molecular flexibility index (Phi) is 13.9. The van der Waals surface area contributed by atoms with Crippen molar-refractivity contribution >= 4 is 69.0 Å². The first kappa shape index (κ1) is 38.3. The molecule has 2 heterocycles. The third-order valence-electron chi connectivity index (χ3n) is 8.00. The van der Waals surface area contributed by atoms with Crippen LogP contribution in [0.5, 0.6) is 0 Å². The van der Waals surface area contributed by atoms with Crippen LogP contribution in [0.2, 0.25) is 0 Å². The van der Waals surface area contributed by atoms with Gasteiger partial charge in [0.15, 0.2) is 5.96 Å². The zero-order chi connectivity index (χ0) is 36.9. The average Bonchev–Trinajstić information content (AvgIpc) is 3.75. The number of fused-ring (bicyclic) bond motifs is 1. The molecule has 0 fully saturated rings. The zero-order valence-electron chi connectivity index (χ0n) is 27.9. The Balaban J connectivity index is 1.57. The van der Waals surface area contributed by atoms with E-state index < -0.39 is 53.7 Å². The van der Waals surface area contributed by atoms with Crippen LogP contribution in [0, 0.1) is 3.57 Å². The van der Waals surface area contributed by atoms with Crippen molar-refractivity contribution in [3.8, 4) is 0 Å². The van der Waals surface area contributed by atoms with Gasteiger partial charge in [-0.3, -0.25) is 29.0 Å². The molecule has 17 heteroatoms. The van der Waals surface area contributed by atoms with Crippen LogP contribution in [0.4, 0.5) is 0 Å². The molecule has 0 radical (unpaired) electrons. The molecule has 0 aliphatic rings. The highest BCUT2D eigenvalue weighted by Crippen LogP contribution is 2.19. The van der Waals surface area contributed by atoms with Crippen molar-refractivity contribution in [2.45, 2.75) is 63.2 Å². The van der Waals surface area contributed by atoms with Gasteiger partial charge in [0.05, 0.1) is 6.33 Å². The van der Waals surface area contributed by atoms with Crippen LogP contribution in [-0.4, -0.2) is 81.2 Å². The second-order valence-electron chi connectivity index (χ2n) is 12.0. The standard InChI is InChI=1S/C34H42IN11O5/c1-19(47)43-29(15-23-17-39-18-42-23)33(51)46-28(13-20-8-10-22(35)11-9-20)32(50)44-26(7-4-12-40-34(37)38)31(49)45-27(30(36)48)14-21-16-41-25-6-3-2-5-24(21)25/h2-3,5-6,8-11,16-18,26-29,41H,4,7,12-15H2,1H3,(H2,36,48)(H,39,42)(H,43,47)(H,44,50)(H,45,49)(H,46,51)(H4,37,38,40). The van der Waals surface area contributed by atoms with E-state index in [1.807, 2.05) is 48.5 Å². The summed E-state index contributed by atoms with van der Waals surface area (Å²) in [5.41, 5.74) is 19.6. The SMILES string of the molecule is CC(=O)NC(Cc1cnc[nH]1)C(=O)NC(Cc1ccc(I)cc1)C(=O)NC(CCCN=C(N)N)C(=O)NC(Cc1c[nH]c2ccccc12)C(N)=O. The monoisotopic (exact) mass is 811 g/mol. The summed E-state index contributed by atoms with van der Waals surface area (Å²) in [5.74, 6) is -3.28. The Morgan fingerprint density at radius 3 is 2.10 bits per heavy atom. The van der Waals surface area contributed by atoms with Crippen LogP contribution in [-0.2, 0) is 43.2 Å². The largest absolute Gasteiger partial charge is 0.370 e. The van der Waals surface area contributed by atoms with E-state index in [-0.39, 0.29) is 38.2 Å². The summed E-state index contributed by atoms with van der Waals surface area (Å²) in [5, 5.41) is 11.7. The summed E-state index contributed by atoms with van der Waals surface area (Å²) < 4.78 is 0.973. The highest BCUT2D eigenvalue weighted by atomic mass is 127. The van der Waals surface area contributed by atoms with Crippen LogP contribution >= 0.6 is 22.6 Å². The summed E-state index contributed by atoms with van der Waals surface area (Å²) in [6.07, 6.45) is 5.37. The Morgan fingerprint density at radius 1 is 0.804 bits per heavy atom. The Labute approximate surface area is 307 Å². The molecular formula is C34H42IN11O5. The number of nitrogens with zero attached hydrogens (tertiary/aromatic N) is 2. The van der Waals surface area contributed by atoms with Gasteiger partial charge in [-0.2, -0.15) is 0 Å². The highest BCUT2D eigenvalue weighted by Gasteiger charge is 2.31. The maximum Gasteiger partial charge on any atom is 0.243 e. The van der Waals surface area contributed by atoms with Crippen molar-refractivity contribution < 1.29 is 24.0 Å². The molecule has 12 N–H and O–H groups in total. The second kappa shape index (κ2) is 18.5. The molecular weight excluding hydrogens is 769 g/mol. The molecule has 2 aromatic heterocycles. The number of hydrogen-bond donors (Lipinski definition) is 9. The maximum absolute atomic E-state index is 14.0. The van der Waals surface area contributed by atoms with Gasteiger partial charge < -0.3 is 48.4 Å². The number of carbonyl (C=O) groups excluding carboxylic acids is 5. The van der Waals surface area contributed by atoms with Gasteiger partial charge in [0.2, 0.25) is 29.5 Å². The summed E-state index contributed by atoms with van der Waals surface area (Å²) in [6, 6.07) is 10.4. The number of hydrogen-bond acceptors (Lipinski definition) is 7. The lowest BCUT2D eigenvalue weighted by molar-refractivity contribution is -0.134. The molecule has 16 nitrogen and oxygen atoms in total.